The zero-order chi connectivity index (χ0) is 23.6. The number of nitrogens with zero attached hydrogens (tertiary/aromatic N) is 1. The average Bonchev–Trinajstić information content (AvgIpc) is 2.97. The molecule has 3 amide bonds. The van der Waals surface area contributed by atoms with Crippen molar-refractivity contribution < 1.29 is 28.2 Å². The lowest BCUT2D eigenvalue weighted by molar-refractivity contribution is -0.122. The van der Waals surface area contributed by atoms with Gasteiger partial charge in [0.2, 0.25) is 5.91 Å². The number of amides is 3. The van der Waals surface area contributed by atoms with Crippen molar-refractivity contribution in [3.05, 3.63) is 65.0 Å². The molecule has 1 aliphatic heterocycles. The molecule has 0 radical (unpaired) electrons. The molecule has 2 aromatic rings. The quantitative estimate of drug-likeness (QED) is 0.567. The number of methoxy groups -OCH3 is 1. The summed E-state index contributed by atoms with van der Waals surface area (Å²) in [5, 5.41) is 2.68. The predicted octanol–water partition coefficient (Wildman–Crippen LogP) is 4.26. The molecule has 7 nitrogen and oxygen atoms in total. The Kier molecular flexibility index (Phi) is 6.34. The highest BCUT2D eigenvalue weighted by molar-refractivity contribution is 6.42. The van der Waals surface area contributed by atoms with Gasteiger partial charge >= 0.3 is 6.09 Å². The van der Waals surface area contributed by atoms with Crippen LogP contribution in [0.5, 0.6) is 0 Å². The Morgan fingerprint density at radius 1 is 1.12 bits per heavy atom. The molecule has 1 aliphatic rings. The summed E-state index contributed by atoms with van der Waals surface area (Å²) in [6.07, 6.45) is -0.549. The maximum atomic E-state index is 13.8. The van der Waals surface area contributed by atoms with E-state index >= 15 is 0 Å². The summed E-state index contributed by atoms with van der Waals surface area (Å²) >= 11 is 0. The van der Waals surface area contributed by atoms with Gasteiger partial charge in [-0.2, -0.15) is 0 Å². The van der Waals surface area contributed by atoms with Gasteiger partial charge in [0, 0.05) is 24.6 Å². The van der Waals surface area contributed by atoms with E-state index in [2.05, 4.69) is 5.32 Å². The van der Waals surface area contributed by atoms with Gasteiger partial charge in [-0.25, -0.2) is 14.1 Å². The number of rotatable bonds is 4. The SMILES string of the molecule is CO/C(=C1/C(=O)N(C(C)=O)c2cc(F)ccc21)c1cccc(CNC(=O)OC(C)(C)C)c1. The molecule has 32 heavy (non-hydrogen) atoms. The molecule has 0 bridgehead atoms. The van der Waals surface area contributed by atoms with Crippen molar-refractivity contribution in [2.75, 3.05) is 12.0 Å². The molecule has 1 N–H and O–H groups in total. The summed E-state index contributed by atoms with van der Waals surface area (Å²) in [5.74, 6) is -1.43. The van der Waals surface area contributed by atoms with Gasteiger partial charge < -0.3 is 14.8 Å². The Labute approximate surface area is 185 Å². The molecule has 0 saturated carbocycles. The van der Waals surface area contributed by atoms with Gasteiger partial charge in [-0.05, 0) is 50.6 Å². The Morgan fingerprint density at radius 2 is 1.84 bits per heavy atom. The van der Waals surface area contributed by atoms with Crippen molar-refractivity contribution in [3.8, 4) is 0 Å². The Hall–Kier alpha value is -3.68. The number of hydrogen-bond donors (Lipinski definition) is 1. The monoisotopic (exact) mass is 440 g/mol. The normalized spacial score (nSPS) is 14.7. The minimum atomic E-state index is -0.613. The Morgan fingerprint density at radius 3 is 2.47 bits per heavy atom. The Bertz CT molecular complexity index is 1120. The molecule has 0 aliphatic carbocycles. The largest absolute Gasteiger partial charge is 0.495 e. The molecular weight excluding hydrogens is 415 g/mol. The number of ether oxygens (including phenoxy) is 2. The number of hydrogen-bond acceptors (Lipinski definition) is 5. The third-order valence-electron chi connectivity index (χ3n) is 4.66. The van der Waals surface area contributed by atoms with Crippen LogP contribution in [0.15, 0.2) is 42.5 Å². The summed E-state index contributed by atoms with van der Waals surface area (Å²) in [5.41, 5.74) is 1.44. The van der Waals surface area contributed by atoms with E-state index in [1.807, 2.05) is 0 Å². The maximum absolute atomic E-state index is 13.8. The van der Waals surface area contributed by atoms with Crippen molar-refractivity contribution >= 4 is 34.9 Å². The van der Waals surface area contributed by atoms with Crippen LogP contribution >= 0.6 is 0 Å². The fourth-order valence-electron chi connectivity index (χ4n) is 3.44. The second kappa shape index (κ2) is 8.82. The first kappa shape index (κ1) is 23.0. The molecule has 0 spiro atoms. The molecule has 0 aromatic heterocycles. The van der Waals surface area contributed by atoms with E-state index in [-0.39, 0.29) is 23.6 Å². The molecule has 168 valence electrons. The third kappa shape index (κ3) is 4.80. The van der Waals surface area contributed by atoms with Gasteiger partial charge in [-0.1, -0.05) is 18.2 Å². The number of nitrogens with one attached hydrogen (secondary N) is 1. The standard InChI is InChI=1S/C24H25FN2O5/c1-14(28)27-19-12-17(25)9-10-18(19)20(22(27)29)21(31-5)16-8-6-7-15(11-16)13-26-23(30)32-24(2,3)4/h6-12H,13H2,1-5H3,(H,26,30)/b21-20+. The van der Waals surface area contributed by atoms with Crippen LogP contribution in [0.3, 0.4) is 0 Å². The first-order valence-corrected chi connectivity index (χ1v) is 10.0. The van der Waals surface area contributed by atoms with E-state index in [0.29, 0.717) is 11.1 Å². The van der Waals surface area contributed by atoms with Crippen molar-refractivity contribution in [3.63, 3.8) is 0 Å². The highest BCUT2D eigenvalue weighted by Gasteiger charge is 2.38. The average molecular weight is 440 g/mol. The van der Waals surface area contributed by atoms with Gasteiger partial charge in [-0.15, -0.1) is 0 Å². The zero-order valence-corrected chi connectivity index (χ0v) is 18.6. The first-order chi connectivity index (χ1) is 15.0. The number of carbonyl (C=O) groups excluding carboxylic acids is 3. The smallest absolute Gasteiger partial charge is 0.407 e. The van der Waals surface area contributed by atoms with Gasteiger partial charge in [-0.3, -0.25) is 9.59 Å². The van der Waals surface area contributed by atoms with Crippen LogP contribution in [-0.4, -0.2) is 30.6 Å². The van der Waals surface area contributed by atoms with E-state index in [0.717, 1.165) is 16.5 Å². The summed E-state index contributed by atoms with van der Waals surface area (Å²) in [6.45, 7) is 6.76. The van der Waals surface area contributed by atoms with Crippen LogP contribution in [0, 0.1) is 5.82 Å². The molecular formula is C24H25FN2O5. The van der Waals surface area contributed by atoms with Crippen molar-refractivity contribution in [1.29, 1.82) is 0 Å². The van der Waals surface area contributed by atoms with Crippen molar-refractivity contribution in [2.45, 2.75) is 39.8 Å². The van der Waals surface area contributed by atoms with Crippen LogP contribution < -0.4 is 10.2 Å². The number of halogens is 1. The van der Waals surface area contributed by atoms with Crippen molar-refractivity contribution in [2.24, 2.45) is 0 Å². The molecule has 0 fully saturated rings. The van der Waals surface area contributed by atoms with E-state index in [1.54, 1.807) is 45.0 Å². The summed E-state index contributed by atoms with van der Waals surface area (Å²) in [4.78, 5) is 38.1. The minimum absolute atomic E-state index is 0.162. The molecule has 0 saturated heterocycles. The molecule has 0 unspecified atom stereocenters. The number of carbonyl (C=O) groups is 3. The lowest BCUT2D eigenvalue weighted by atomic mass is 10.0. The number of anilines is 1. The maximum Gasteiger partial charge on any atom is 0.407 e. The lowest BCUT2D eigenvalue weighted by Crippen LogP contribution is -2.32. The van der Waals surface area contributed by atoms with Crippen molar-refractivity contribution in [1.82, 2.24) is 5.32 Å². The van der Waals surface area contributed by atoms with Crippen LogP contribution in [0.25, 0.3) is 11.3 Å². The van der Waals surface area contributed by atoms with Crippen LogP contribution in [0.4, 0.5) is 14.9 Å². The van der Waals surface area contributed by atoms with E-state index in [1.165, 1.54) is 26.2 Å². The summed E-state index contributed by atoms with van der Waals surface area (Å²) in [7, 11) is 1.42. The number of fused-ring (bicyclic) bond motifs is 1. The minimum Gasteiger partial charge on any atom is -0.495 e. The lowest BCUT2D eigenvalue weighted by Gasteiger charge is -2.19. The summed E-state index contributed by atoms with van der Waals surface area (Å²) in [6, 6.07) is 10.9. The van der Waals surface area contributed by atoms with Crippen LogP contribution in [-0.2, 0) is 25.6 Å². The molecule has 1 heterocycles. The number of imide groups is 1. The fraction of sp³-hybridized carbons (Fsp3) is 0.292. The highest BCUT2D eigenvalue weighted by atomic mass is 19.1. The van der Waals surface area contributed by atoms with Gasteiger partial charge in [0.1, 0.15) is 17.2 Å². The Balaban J connectivity index is 1.98. The van der Waals surface area contributed by atoms with Crippen LogP contribution in [0.2, 0.25) is 0 Å². The van der Waals surface area contributed by atoms with Gasteiger partial charge in [0.05, 0.1) is 18.4 Å². The van der Waals surface area contributed by atoms with Gasteiger partial charge in [0.25, 0.3) is 5.91 Å². The van der Waals surface area contributed by atoms with Crippen LogP contribution in [0.1, 0.15) is 44.4 Å². The molecule has 3 rings (SSSR count). The van der Waals surface area contributed by atoms with Gasteiger partial charge in [0.15, 0.2) is 0 Å². The number of benzene rings is 2. The molecule has 2 aromatic carbocycles. The van der Waals surface area contributed by atoms with E-state index in [4.69, 9.17) is 9.47 Å². The third-order valence-corrected chi connectivity index (χ3v) is 4.66. The predicted molar refractivity (Wildman–Crippen MR) is 118 cm³/mol. The second-order valence-electron chi connectivity index (χ2n) is 8.29. The number of alkyl carbamates (subject to hydrolysis) is 1. The topological polar surface area (TPSA) is 84.9 Å². The molecule has 0 atom stereocenters. The second-order valence-corrected chi connectivity index (χ2v) is 8.29. The zero-order valence-electron chi connectivity index (χ0n) is 18.6. The van der Waals surface area contributed by atoms with E-state index < -0.39 is 29.3 Å². The fourth-order valence-corrected chi connectivity index (χ4v) is 3.44. The van der Waals surface area contributed by atoms with E-state index in [9.17, 15) is 18.8 Å². The molecule has 8 heteroatoms. The highest BCUT2D eigenvalue weighted by Crippen LogP contribution is 2.41. The summed E-state index contributed by atoms with van der Waals surface area (Å²) < 4.78 is 24.6. The first-order valence-electron chi connectivity index (χ1n) is 10.0.